The van der Waals surface area contributed by atoms with E-state index in [-0.39, 0.29) is 11.7 Å². The second kappa shape index (κ2) is 7.78. The van der Waals surface area contributed by atoms with Crippen molar-refractivity contribution in [3.8, 4) is 5.75 Å². The highest BCUT2D eigenvalue weighted by atomic mass is 16.6. The van der Waals surface area contributed by atoms with E-state index >= 15 is 0 Å². The molecule has 0 radical (unpaired) electrons. The van der Waals surface area contributed by atoms with Crippen LogP contribution in [0.25, 0.3) is 6.08 Å². The van der Waals surface area contributed by atoms with Gasteiger partial charge in [0.15, 0.2) is 5.70 Å². The molecule has 2 aromatic carbocycles. The van der Waals surface area contributed by atoms with Gasteiger partial charge in [0.2, 0.25) is 5.90 Å². The zero-order valence-electron chi connectivity index (χ0n) is 14.7. The number of carbonyl (C=O) groups excluding carboxylic acids is 2. The smallest absolute Gasteiger partial charge is 0.363 e. The summed E-state index contributed by atoms with van der Waals surface area (Å²) in [4.78, 5) is 27.8. The summed E-state index contributed by atoms with van der Waals surface area (Å²) in [6.45, 7) is 3.91. The number of hydrogen-bond donors (Lipinski definition) is 0. The Bertz CT molecular complexity index is 877. The molecule has 1 heterocycles. The van der Waals surface area contributed by atoms with Crippen molar-refractivity contribution in [2.45, 2.75) is 26.7 Å². The van der Waals surface area contributed by atoms with Crippen molar-refractivity contribution in [1.82, 2.24) is 0 Å². The lowest BCUT2D eigenvalue weighted by atomic mass is 10.1. The summed E-state index contributed by atoms with van der Waals surface area (Å²) in [5.74, 6) is 0.0270. The Balaban J connectivity index is 1.75. The number of cyclic esters (lactones) is 1. The van der Waals surface area contributed by atoms with Crippen molar-refractivity contribution in [2.24, 2.45) is 4.99 Å². The van der Waals surface area contributed by atoms with Gasteiger partial charge in [0.1, 0.15) is 5.75 Å². The number of esters is 2. The van der Waals surface area contributed by atoms with Crippen LogP contribution in [0.5, 0.6) is 5.75 Å². The summed E-state index contributed by atoms with van der Waals surface area (Å²) in [5.41, 5.74) is 2.87. The molecule has 1 aliphatic rings. The van der Waals surface area contributed by atoms with Gasteiger partial charge in [-0.2, -0.15) is 0 Å². The summed E-state index contributed by atoms with van der Waals surface area (Å²) in [6, 6.07) is 14.5. The molecule has 0 aromatic heterocycles. The molecule has 0 amide bonds. The van der Waals surface area contributed by atoms with Gasteiger partial charge in [0.25, 0.3) is 0 Å². The molecule has 26 heavy (non-hydrogen) atoms. The predicted octanol–water partition coefficient (Wildman–Crippen LogP) is 4.05. The predicted molar refractivity (Wildman–Crippen MR) is 98.8 cm³/mol. The number of carbonyl (C=O) groups is 2. The first kappa shape index (κ1) is 17.6. The summed E-state index contributed by atoms with van der Waals surface area (Å²) in [5, 5.41) is 0. The van der Waals surface area contributed by atoms with Gasteiger partial charge >= 0.3 is 11.9 Å². The molecule has 0 N–H and O–H groups in total. The highest BCUT2D eigenvalue weighted by molar-refractivity contribution is 6.12. The molecule has 0 saturated heterocycles. The lowest BCUT2D eigenvalue weighted by Gasteiger charge is -2.03. The Kier molecular flexibility index (Phi) is 5.27. The van der Waals surface area contributed by atoms with Crippen molar-refractivity contribution in [2.75, 3.05) is 0 Å². The van der Waals surface area contributed by atoms with Crippen LogP contribution >= 0.6 is 0 Å². The number of ether oxygens (including phenoxy) is 2. The second-order valence-electron chi connectivity index (χ2n) is 6.00. The number of aliphatic imine (C=N–C) groups is 1. The zero-order valence-corrected chi connectivity index (χ0v) is 14.7. The Morgan fingerprint density at radius 3 is 2.46 bits per heavy atom. The van der Waals surface area contributed by atoms with Crippen LogP contribution in [0, 0.1) is 6.92 Å². The maximum Gasteiger partial charge on any atom is 0.363 e. The monoisotopic (exact) mass is 349 g/mol. The van der Waals surface area contributed by atoms with Gasteiger partial charge < -0.3 is 9.47 Å². The number of aryl methyl sites for hydroxylation is 1. The highest BCUT2D eigenvalue weighted by Crippen LogP contribution is 2.21. The van der Waals surface area contributed by atoms with E-state index in [0.29, 0.717) is 18.1 Å². The molecule has 5 nitrogen and oxygen atoms in total. The van der Waals surface area contributed by atoms with E-state index in [0.717, 1.165) is 23.1 Å². The first-order valence-electron chi connectivity index (χ1n) is 8.45. The van der Waals surface area contributed by atoms with Crippen LogP contribution in [0.3, 0.4) is 0 Å². The summed E-state index contributed by atoms with van der Waals surface area (Å²) < 4.78 is 10.5. The van der Waals surface area contributed by atoms with Crippen LogP contribution in [0.2, 0.25) is 0 Å². The van der Waals surface area contributed by atoms with Crippen LogP contribution in [0.4, 0.5) is 0 Å². The molecule has 0 saturated carbocycles. The van der Waals surface area contributed by atoms with Gasteiger partial charge in [-0.1, -0.05) is 36.8 Å². The first-order valence-corrected chi connectivity index (χ1v) is 8.45. The average Bonchev–Trinajstić information content (AvgIpc) is 2.98. The van der Waals surface area contributed by atoms with Crippen molar-refractivity contribution in [1.29, 1.82) is 0 Å². The average molecular weight is 349 g/mol. The number of hydrogen-bond acceptors (Lipinski definition) is 5. The molecular formula is C21H19NO4. The SMILES string of the molecule is CCCC(=O)Oc1ccc(/C=C2\N=C(c3ccc(C)cc3)OC2=O)cc1. The Labute approximate surface area is 152 Å². The molecular weight excluding hydrogens is 330 g/mol. The molecule has 5 heteroatoms. The molecule has 0 aliphatic carbocycles. The van der Waals surface area contributed by atoms with Crippen LogP contribution < -0.4 is 4.74 Å². The van der Waals surface area contributed by atoms with Crippen LogP contribution in [-0.2, 0) is 14.3 Å². The van der Waals surface area contributed by atoms with Crippen molar-refractivity contribution >= 4 is 23.9 Å². The van der Waals surface area contributed by atoms with Crippen LogP contribution in [0.1, 0.15) is 36.5 Å². The summed E-state index contributed by atoms with van der Waals surface area (Å²) >= 11 is 0. The topological polar surface area (TPSA) is 65.0 Å². The molecule has 1 aliphatic heterocycles. The standard InChI is InChI=1S/C21H19NO4/c1-3-4-19(23)25-17-11-7-15(8-12-17)13-18-21(24)26-20(22-18)16-9-5-14(2)6-10-16/h5-13H,3-4H2,1-2H3/b18-13-. The quantitative estimate of drug-likeness (QED) is 0.464. The molecule has 3 rings (SSSR count). The molecule has 2 aromatic rings. The molecule has 0 fully saturated rings. The fourth-order valence-electron chi connectivity index (χ4n) is 2.41. The third-order valence-corrected chi connectivity index (χ3v) is 3.79. The number of benzene rings is 2. The van der Waals surface area contributed by atoms with Gasteiger partial charge in [0.05, 0.1) is 0 Å². The van der Waals surface area contributed by atoms with E-state index in [1.165, 1.54) is 0 Å². The van der Waals surface area contributed by atoms with E-state index in [4.69, 9.17) is 9.47 Å². The third-order valence-electron chi connectivity index (χ3n) is 3.79. The molecule has 0 atom stereocenters. The van der Waals surface area contributed by atoms with E-state index in [1.54, 1.807) is 30.3 Å². The largest absolute Gasteiger partial charge is 0.427 e. The minimum absolute atomic E-state index is 0.233. The lowest BCUT2D eigenvalue weighted by Crippen LogP contribution is -2.06. The maximum absolute atomic E-state index is 12.0. The Morgan fingerprint density at radius 2 is 1.81 bits per heavy atom. The zero-order chi connectivity index (χ0) is 18.5. The van der Waals surface area contributed by atoms with Crippen molar-refractivity contribution in [3.63, 3.8) is 0 Å². The minimum Gasteiger partial charge on any atom is -0.427 e. The Hall–Kier alpha value is -3.21. The van der Waals surface area contributed by atoms with E-state index in [9.17, 15) is 9.59 Å². The normalized spacial score (nSPS) is 14.9. The summed E-state index contributed by atoms with van der Waals surface area (Å²) in [6.07, 6.45) is 2.77. The first-order chi connectivity index (χ1) is 12.5. The van der Waals surface area contributed by atoms with Gasteiger partial charge in [-0.15, -0.1) is 0 Å². The molecule has 0 spiro atoms. The summed E-state index contributed by atoms with van der Waals surface area (Å²) in [7, 11) is 0. The second-order valence-corrected chi connectivity index (χ2v) is 6.00. The van der Waals surface area contributed by atoms with Gasteiger partial charge in [-0.3, -0.25) is 4.79 Å². The lowest BCUT2D eigenvalue weighted by molar-refractivity contribution is -0.134. The fraction of sp³-hybridized carbons (Fsp3) is 0.190. The van der Waals surface area contributed by atoms with E-state index in [2.05, 4.69) is 4.99 Å². The van der Waals surface area contributed by atoms with E-state index in [1.807, 2.05) is 38.1 Å². The molecule has 0 unspecified atom stereocenters. The number of rotatable bonds is 5. The molecule has 132 valence electrons. The van der Waals surface area contributed by atoms with Gasteiger partial charge in [-0.05, 0) is 49.2 Å². The highest BCUT2D eigenvalue weighted by Gasteiger charge is 2.23. The van der Waals surface area contributed by atoms with Gasteiger partial charge in [0, 0.05) is 12.0 Å². The fourth-order valence-corrected chi connectivity index (χ4v) is 2.41. The maximum atomic E-state index is 12.0. The molecule has 0 bridgehead atoms. The van der Waals surface area contributed by atoms with Crippen molar-refractivity contribution in [3.05, 3.63) is 70.9 Å². The number of nitrogens with zero attached hydrogens (tertiary/aromatic N) is 1. The van der Waals surface area contributed by atoms with Crippen LogP contribution in [-0.4, -0.2) is 17.8 Å². The minimum atomic E-state index is -0.487. The Morgan fingerprint density at radius 1 is 1.12 bits per heavy atom. The van der Waals surface area contributed by atoms with E-state index < -0.39 is 5.97 Å². The van der Waals surface area contributed by atoms with Gasteiger partial charge in [-0.25, -0.2) is 9.79 Å². The van der Waals surface area contributed by atoms with Crippen LogP contribution in [0.15, 0.2) is 59.2 Å². The third kappa shape index (κ3) is 4.25. The van der Waals surface area contributed by atoms with Crippen molar-refractivity contribution < 1.29 is 19.1 Å².